The van der Waals surface area contributed by atoms with E-state index in [4.69, 9.17) is 0 Å². The zero-order chi connectivity index (χ0) is 16.6. The summed E-state index contributed by atoms with van der Waals surface area (Å²) in [6.07, 6.45) is 5.78. The van der Waals surface area contributed by atoms with Gasteiger partial charge in [-0.25, -0.2) is 18.1 Å². The Balaban J connectivity index is 1.66. The number of aryl methyl sites for hydroxylation is 1. The molecule has 0 spiro atoms. The molecular formula is C15H20N4O3S. The highest BCUT2D eigenvalue weighted by molar-refractivity contribution is 7.88. The van der Waals surface area contributed by atoms with Gasteiger partial charge in [-0.15, -0.1) is 0 Å². The van der Waals surface area contributed by atoms with Crippen molar-refractivity contribution >= 4 is 21.6 Å². The van der Waals surface area contributed by atoms with Crippen LogP contribution in [-0.2, 0) is 21.2 Å². The highest BCUT2D eigenvalue weighted by Gasteiger charge is 2.28. The molecule has 1 aliphatic heterocycles. The van der Waals surface area contributed by atoms with Gasteiger partial charge in [-0.05, 0) is 25.0 Å². The van der Waals surface area contributed by atoms with Gasteiger partial charge >= 0.3 is 0 Å². The first-order chi connectivity index (χ1) is 10.8. The molecule has 3 rings (SSSR count). The van der Waals surface area contributed by atoms with Crippen LogP contribution in [0.2, 0.25) is 0 Å². The third-order valence-electron chi connectivity index (χ3n) is 3.98. The van der Waals surface area contributed by atoms with E-state index in [-0.39, 0.29) is 18.4 Å². The summed E-state index contributed by atoms with van der Waals surface area (Å²) in [6, 6.07) is 3.73. The molecule has 0 radical (unpaired) electrons. The fourth-order valence-electron chi connectivity index (χ4n) is 2.94. The Morgan fingerprint density at radius 3 is 2.96 bits per heavy atom. The van der Waals surface area contributed by atoms with E-state index < -0.39 is 10.0 Å². The number of sulfonamides is 1. The number of hydrogen-bond donors (Lipinski definition) is 1. The number of fused-ring (bicyclic) bond motifs is 1. The highest BCUT2D eigenvalue weighted by Crippen LogP contribution is 2.14. The first-order valence-electron chi connectivity index (χ1n) is 7.50. The Kier molecular flexibility index (Phi) is 4.11. The normalized spacial score (nSPS) is 18.7. The average Bonchev–Trinajstić information content (AvgIpc) is 3.04. The molecule has 124 valence electrons. The smallest absolute Gasteiger partial charge is 0.228 e. The van der Waals surface area contributed by atoms with E-state index >= 15 is 0 Å². The number of rotatable bonds is 4. The van der Waals surface area contributed by atoms with Crippen molar-refractivity contribution < 1.29 is 13.2 Å². The predicted octanol–water partition coefficient (Wildman–Crippen LogP) is 0.335. The molecular weight excluding hydrogens is 316 g/mol. The molecule has 8 heteroatoms. The molecule has 1 unspecified atom stereocenters. The monoisotopic (exact) mass is 336 g/mol. The van der Waals surface area contributed by atoms with E-state index in [2.05, 4.69) is 9.71 Å². The molecule has 7 nitrogen and oxygen atoms in total. The molecule has 2 aromatic rings. The van der Waals surface area contributed by atoms with Gasteiger partial charge in [0, 0.05) is 31.5 Å². The zero-order valence-corrected chi connectivity index (χ0v) is 14.0. The van der Waals surface area contributed by atoms with Crippen LogP contribution in [0.25, 0.3) is 5.65 Å². The number of carbonyl (C=O) groups excluding carboxylic acids is 1. The SMILES string of the molecule is Cc1cccn2cc(CC(=O)N3CCC(NS(C)(=O)=O)C3)nc12. The van der Waals surface area contributed by atoms with Crippen LogP contribution in [0.15, 0.2) is 24.5 Å². The predicted molar refractivity (Wildman–Crippen MR) is 86.6 cm³/mol. The molecule has 1 saturated heterocycles. The van der Waals surface area contributed by atoms with Gasteiger partial charge in [0.2, 0.25) is 15.9 Å². The number of carbonyl (C=O) groups is 1. The van der Waals surface area contributed by atoms with Gasteiger partial charge in [0.1, 0.15) is 5.65 Å². The Labute approximate surface area is 135 Å². The lowest BCUT2D eigenvalue weighted by Gasteiger charge is -2.16. The number of amides is 1. The van der Waals surface area contributed by atoms with E-state index in [0.717, 1.165) is 23.2 Å². The summed E-state index contributed by atoms with van der Waals surface area (Å²) in [6.45, 7) is 2.96. The van der Waals surface area contributed by atoms with Crippen LogP contribution >= 0.6 is 0 Å². The van der Waals surface area contributed by atoms with Crippen molar-refractivity contribution in [2.75, 3.05) is 19.3 Å². The van der Waals surface area contributed by atoms with E-state index in [1.807, 2.05) is 35.9 Å². The topological polar surface area (TPSA) is 83.8 Å². The van der Waals surface area contributed by atoms with E-state index in [9.17, 15) is 13.2 Å². The van der Waals surface area contributed by atoms with Gasteiger partial charge in [-0.1, -0.05) is 6.07 Å². The van der Waals surface area contributed by atoms with Gasteiger partial charge in [0.15, 0.2) is 0 Å². The van der Waals surface area contributed by atoms with Crippen LogP contribution in [-0.4, -0.2) is 54.0 Å². The van der Waals surface area contributed by atoms with Crippen LogP contribution in [0.5, 0.6) is 0 Å². The highest BCUT2D eigenvalue weighted by atomic mass is 32.2. The zero-order valence-electron chi connectivity index (χ0n) is 13.2. The molecule has 2 aromatic heterocycles. The van der Waals surface area contributed by atoms with Crippen LogP contribution < -0.4 is 4.72 Å². The van der Waals surface area contributed by atoms with Crippen molar-refractivity contribution in [1.29, 1.82) is 0 Å². The summed E-state index contributed by atoms with van der Waals surface area (Å²) in [4.78, 5) is 18.6. The van der Waals surface area contributed by atoms with Gasteiger partial charge in [-0.3, -0.25) is 4.79 Å². The Morgan fingerprint density at radius 1 is 1.48 bits per heavy atom. The van der Waals surface area contributed by atoms with Crippen molar-refractivity contribution in [1.82, 2.24) is 19.0 Å². The lowest BCUT2D eigenvalue weighted by molar-refractivity contribution is -0.129. The van der Waals surface area contributed by atoms with Gasteiger partial charge in [0.25, 0.3) is 0 Å². The summed E-state index contributed by atoms with van der Waals surface area (Å²) in [7, 11) is -3.24. The third-order valence-corrected chi connectivity index (χ3v) is 4.74. The summed E-state index contributed by atoms with van der Waals surface area (Å²) in [5.74, 6) is -0.0242. The van der Waals surface area contributed by atoms with Crippen LogP contribution in [0.1, 0.15) is 17.7 Å². The molecule has 1 fully saturated rings. The molecule has 0 saturated carbocycles. The second-order valence-corrected chi connectivity index (χ2v) is 7.83. The van der Waals surface area contributed by atoms with E-state index in [1.165, 1.54) is 0 Å². The van der Waals surface area contributed by atoms with Crippen molar-refractivity contribution in [3.8, 4) is 0 Å². The number of nitrogens with one attached hydrogen (secondary N) is 1. The minimum Gasteiger partial charge on any atom is -0.341 e. The maximum atomic E-state index is 12.4. The second kappa shape index (κ2) is 5.93. The second-order valence-electron chi connectivity index (χ2n) is 6.05. The summed E-state index contributed by atoms with van der Waals surface area (Å²) in [5.41, 5.74) is 2.64. The molecule has 3 heterocycles. The Morgan fingerprint density at radius 2 is 2.26 bits per heavy atom. The average molecular weight is 336 g/mol. The lowest BCUT2D eigenvalue weighted by atomic mass is 10.3. The summed E-state index contributed by atoms with van der Waals surface area (Å²) in [5, 5.41) is 0. The first kappa shape index (κ1) is 15.9. The van der Waals surface area contributed by atoms with Crippen molar-refractivity contribution in [3.63, 3.8) is 0 Å². The van der Waals surface area contributed by atoms with Gasteiger partial charge in [-0.2, -0.15) is 0 Å². The number of nitrogens with zero attached hydrogens (tertiary/aromatic N) is 3. The largest absolute Gasteiger partial charge is 0.341 e. The fraction of sp³-hybridized carbons (Fsp3) is 0.467. The molecule has 0 aliphatic carbocycles. The molecule has 0 bridgehead atoms. The quantitative estimate of drug-likeness (QED) is 0.872. The van der Waals surface area contributed by atoms with Crippen LogP contribution in [0, 0.1) is 6.92 Å². The van der Waals surface area contributed by atoms with Gasteiger partial charge < -0.3 is 9.30 Å². The third kappa shape index (κ3) is 3.70. The van der Waals surface area contributed by atoms with Crippen molar-refractivity contribution in [3.05, 3.63) is 35.8 Å². The van der Waals surface area contributed by atoms with Crippen molar-refractivity contribution in [2.24, 2.45) is 0 Å². The molecule has 0 aromatic carbocycles. The minimum atomic E-state index is -3.24. The van der Waals surface area contributed by atoms with Crippen molar-refractivity contribution in [2.45, 2.75) is 25.8 Å². The Bertz CT molecular complexity index is 844. The van der Waals surface area contributed by atoms with Crippen LogP contribution in [0.4, 0.5) is 0 Å². The number of pyridine rings is 1. The molecule has 1 N–H and O–H groups in total. The van der Waals surface area contributed by atoms with Crippen LogP contribution in [0.3, 0.4) is 0 Å². The van der Waals surface area contributed by atoms with E-state index in [1.54, 1.807) is 4.90 Å². The number of hydrogen-bond acceptors (Lipinski definition) is 4. The van der Waals surface area contributed by atoms with Gasteiger partial charge in [0.05, 0.1) is 18.4 Å². The number of imidazole rings is 1. The number of aromatic nitrogens is 2. The summed E-state index contributed by atoms with van der Waals surface area (Å²) < 4.78 is 27.0. The minimum absolute atomic E-state index is 0.0242. The lowest BCUT2D eigenvalue weighted by Crippen LogP contribution is -2.38. The first-order valence-corrected chi connectivity index (χ1v) is 9.39. The number of likely N-dealkylation sites (tertiary alicyclic amines) is 1. The molecule has 23 heavy (non-hydrogen) atoms. The summed E-state index contributed by atoms with van der Waals surface area (Å²) >= 11 is 0. The fourth-order valence-corrected chi connectivity index (χ4v) is 3.74. The molecule has 1 amide bonds. The maximum absolute atomic E-state index is 12.4. The standard InChI is InChI=1S/C15H20N4O3S/c1-11-4-3-6-19-10-13(16-15(11)19)8-14(20)18-7-5-12(9-18)17-23(2,21)22/h3-4,6,10,12,17H,5,7-9H2,1-2H3. The molecule has 1 aliphatic rings. The molecule has 1 atom stereocenters. The Hall–Kier alpha value is -1.93. The maximum Gasteiger partial charge on any atom is 0.228 e. The van der Waals surface area contributed by atoms with E-state index in [0.29, 0.717) is 19.5 Å².